The molecule has 1 aliphatic rings. The lowest BCUT2D eigenvalue weighted by molar-refractivity contribution is 0.178. The van der Waals surface area contributed by atoms with Crippen LogP contribution in [0.1, 0.15) is 56.1 Å². The molecule has 1 saturated carbocycles. The monoisotopic (exact) mass is 296 g/mol. The Morgan fingerprint density at radius 1 is 0.773 bits per heavy atom. The zero-order valence-corrected chi connectivity index (χ0v) is 13.3. The number of aromatic hydroxyl groups is 2. The minimum Gasteiger partial charge on any atom is -0.508 e. The maximum atomic E-state index is 9.48. The molecule has 2 aromatic carbocycles. The van der Waals surface area contributed by atoms with Gasteiger partial charge in [-0.1, -0.05) is 38.1 Å². The van der Waals surface area contributed by atoms with E-state index in [1.165, 1.54) is 17.5 Å². The lowest BCUT2D eigenvalue weighted by Crippen LogP contribution is -2.29. The van der Waals surface area contributed by atoms with Crippen LogP contribution in [0.15, 0.2) is 48.5 Å². The fourth-order valence-corrected chi connectivity index (χ4v) is 3.99. The van der Waals surface area contributed by atoms with Crippen LogP contribution >= 0.6 is 0 Å². The third kappa shape index (κ3) is 2.96. The lowest BCUT2D eigenvalue weighted by Gasteiger charge is -2.43. The second kappa shape index (κ2) is 5.68. The average molecular weight is 296 g/mol. The van der Waals surface area contributed by atoms with E-state index in [1.807, 2.05) is 0 Å². The number of rotatable bonds is 2. The summed E-state index contributed by atoms with van der Waals surface area (Å²) < 4.78 is 0. The Hall–Kier alpha value is -1.96. The van der Waals surface area contributed by atoms with Crippen molar-refractivity contribution in [2.24, 2.45) is 5.41 Å². The van der Waals surface area contributed by atoms with Gasteiger partial charge in [-0.15, -0.1) is 0 Å². The van der Waals surface area contributed by atoms with E-state index in [4.69, 9.17) is 0 Å². The average Bonchev–Trinajstić information content (AvgIpc) is 2.48. The SMILES string of the molecule is CC1(C)CC(c2ccc(O)cc2)CCC1c1ccc(O)cc1. The van der Waals surface area contributed by atoms with Crippen molar-refractivity contribution in [1.29, 1.82) is 0 Å². The van der Waals surface area contributed by atoms with E-state index in [9.17, 15) is 10.2 Å². The molecule has 3 rings (SSSR count). The number of hydrogen-bond acceptors (Lipinski definition) is 2. The zero-order chi connectivity index (χ0) is 15.7. The third-order valence-electron chi connectivity index (χ3n) is 5.18. The second-order valence-electron chi connectivity index (χ2n) is 7.20. The molecule has 0 spiro atoms. The van der Waals surface area contributed by atoms with Crippen LogP contribution < -0.4 is 0 Å². The van der Waals surface area contributed by atoms with Crippen LogP contribution in [0.2, 0.25) is 0 Å². The highest BCUT2D eigenvalue weighted by atomic mass is 16.3. The number of benzene rings is 2. The first kappa shape index (κ1) is 15.0. The molecule has 0 heterocycles. The van der Waals surface area contributed by atoms with Crippen molar-refractivity contribution in [2.45, 2.75) is 44.9 Å². The van der Waals surface area contributed by atoms with E-state index in [-0.39, 0.29) is 5.41 Å². The molecular formula is C20H24O2. The Morgan fingerprint density at radius 2 is 1.27 bits per heavy atom. The molecule has 2 atom stereocenters. The lowest BCUT2D eigenvalue weighted by atomic mass is 9.62. The maximum absolute atomic E-state index is 9.48. The summed E-state index contributed by atoms with van der Waals surface area (Å²) >= 11 is 0. The molecule has 0 radical (unpaired) electrons. The van der Waals surface area contributed by atoms with Crippen LogP contribution in [-0.4, -0.2) is 10.2 Å². The van der Waals surface area contributed by atoms with Gasteiger partial charge in [-0.05, 0) is 71.9 Å². The summed E-state index contributed by atoms with van der Waals surface area (Å²) in [6.07, 6.45) is 3.46. The van der Waals surface area contributed by atoms with Crippen molar-refractivity contribution < 1.29 is 10.2 Å². The summed E-state index contributed by atoms with van der Waals surface area (Å²) in [5.41, 5.74) is 2.87. The van der Waals surface area contributed by atoms with Crippen LogP contribution in [0.3, 0.4) is 0 Å². The Morgan fingerprint density at radius 3 is 1.77 bits per heavy atom. The molecule has 0 aromatic heterocycles. The molecule has 0 saturated heterocycles. The van der Waals surface area contributed by atoms with Crippen LogP contribution in [-0.2, 0) is 0 Å². The van der Waals surface area contributed by atoms with Crippen molar-refractivity contribution in [1.82, 2.24) is 0 Å². The van der Waals surface area contributed by atoms with Crippen LogP contribution in [0.5, 0.6) is 11.5 Å². The maximum Gasteiger partial charge on any atom is 0.115 e. The van der Waals surface area contributed by atoms with Gasteiger partial charge in [0.25, 0.3) is 0 Å². The van der Waals surface area contributed by atoms with E-state index in [0.717, 1.165) is 12.8 Å². The second-order valence-corrected chi connectivity index (χ2v) is 7.20. The van der Waals surface area contributed by atoms with E-state index in [0.29, 0.717) is 23.3 Å². The molecule has 116 valence electrons. The molecule has 2 N–H and O–H groups in total. The Bertz CT molecular complexity index is 626. The molecule has 2 heteroatoms. The Labute approximate surface area is 132 Å². The molecule has 22 heavy (non-hydrogen) atoms. The van der Waals surface area contributed by atoms with Crippen molar-refractivity contribution in [3.8, 4) is 11.5 Å². The summed E-state index contributed by atoms with van der Waals surface area (Å²) in [5.74, 6) is 1.76. The van der Waals surface area contributed by atoms with Crippen molar-refractivity contribution >= 4 is 0 Å². The van der Waals surface area contributed by atoms with Crippen molar-refractivity contribution in [3.05, 3.63) is 59.7 Å². The highest BCUT2D eigenvalue weighted by Crippen LogP contribution is 2.51. The van der Waals surface area contributed by atoms with Crippen LogP contribution in [0.4, 0.5) is 0 Å². The fraction of sp³-hybridized carbons (Fsp3) is 0.400. The van der Waals surface area contributed by atoms with Crippen LogP contribution in [0.25, 0.3) is 0 Å². The predicted molar refractivity (Wildman–Crippen MR) is 89.3 cm³/mol. The summed E-state index contributed by atoms with van der Waals surface area (Å²) in [5, 5.41) is 18.9. The summed E-state index contributed by atoms with van der Waals surface area (Å²) in [6, 6.07) is 15.4. The summed E-state index contributed by atoms with van der Waals surface area (Å²) in [6.45, 7) is 4.69. The summed E-state index contributed by atoms with van der Waals surface area (Å²) in [4.78, 5) is 0. The molecular weight excluding hydrogens is 272 g/mol. The molecule has 1 aliphatic carbocycles. The third-order valence-corrected chi connectivity index (χ3v) is 5.18. The van der Waals surface area contributed by atoms with Gasteiger partial charge in [0.2, 0.25) is 0 Å². The standard InChI is InChI=1S/C20H24O2/c1-20(2)13-16(14-3-8-17(21)9-4-14)7-12-19(20)15-5-10-18(22)11-6-15/h3-6,8-11,16,19,21-22H,7,12-13H2,1-2H3. The van der Waals surface area contributed by atoms with Gasteiger partial charge in [0.05, 0.1) is 0 Å². The van der Waals surface area contributed by atoms with E-state index < -0.39 is 0 Å². The smallest absolute Gasteiger partial charge is 0.115 e. The molecule has 2 unspecified atom stereocenters. The highest BCUT2D eigenvalue weighted by molar-refractivity contribution is 5.32. The van der Waals surface area contributed by atoms with Crippen molar-refractivity contribution in [3.63, 3.8) is 0 Å². The minimum atomic E-state index is 0.220. The fourth-order valence-electron chi connectivity index (χ4n) is 3.99. The molecule has 0 bridgehead atoms. The first-order valence-corrected chi connectivity index (χ1v) is 8.03. The first-order valence-electron chi connectivity index (χ1n) is 8.03. The van der Waals surface area contributed by atoms with E-state index >= 15 is 0 Å². The largest absolute Gasteiger partial charge is 0.508 e. The van der Waals surface area contributed by atoms with Gasteiger partial charge in [-0.2, -0.15) is 0 Å². The minimum absolute atomic E-state index is 0.220. The quantitative estimate of drug-likeness (QED) is 0.802. The number of phenols is 2. The zero-order valence-electron chi connectivity index (χ0n) is 13.3. The van der Waals surface area contributed by atoms with Crippen LogP contribution in [0, 0.1) is 5.41 Å². The first-order chi connectivity index (χ1) is 10.5. The molecule has 2 aromatic rings. The van der Waals surface area contributed by atoms with E-state index in [1.54, 1.807) is 24.3 Å². The van der Waals surface area contributed by atoms with Gasteiger partial charge in [-0.3, -0.25) is 0 Å². The van der Waals surface area contributed by atoms with Crippen molar-refractivity contribution in [2.75, 3.05) is 0 Å². The molecule has 2 nitrogen and oxygen atoms in total. The van der Waals surface area contributed by atoms with Gasteiger partial charge in [0.1, 0.15) is 11.5 Å². The number of hydrogen-bond donors (Lipinski definition) is 2. The Kier molecular flexibility index (Phi) is 3.86. The normalized spacial score (nSPS) is 24.1. The highest BCUT2D eigenvalue weighted by Gasteiger charge is 2.37. The topological polar surface area (TPSA) is 40.5 Å². The molecule has 0 amide bonds. The van der Waals surface area contributed by atoms with Gasteiger partial charge < -0.3 is 10.2 Å². The Balaban J connectivity index is 1.79. The van der Waals surface area contributed by atoms with E-state index in [2.05, 4.69) is 38.1 Å². The van der Waals surface area contributed by atoms with Gasteiger partial charge in [0.15, 0.2) is 0 Å². The summed E-state index contributed by atoms with van der Waals surface area (Å²) in [7, 11) is 0. The molecule has 0 aliphatic heterocycles. The number of phenolic OH excluding ortho intramolecular Hbond substituents is 2. The predicted octanol–water partition coefficient (Wildman–Crippen LogP) is 5.18. The molecule has 1 fully saturated rings. The van der Waals surface area contributed by atoms with Gasteiger partial charge >= 0.3 is 0 Å². The van der Waals surface area contributed by atoms with Gasteiger partial charge in [0, 0.05) is 0 Å². The van der Waals surface area contributed by atoms with Gasteiger partial charge in [-0.25, -0.2) is 0 Å².